The summed E-state index contributed by atoms with van der Waals surface area (Å²) < 4.78 is 16.8. The summed E-state index contributed by atoms with van der Waals surface area (Å²) >= 11 is 0. The fraction of sp³-hybridized carbons (Fsp3) is 0.333. The predicted molar refractivity (Wildman–Crippen MR) is 87.1 cm³/mol. The minimum atomic E-state index is 0.133. The number of ether oxygens (including phenoxy) is 3. The van der Waals surface area contributed by atoms with Crippen LogP contribution in [0, 0.1) is 0 Å². The molecule has 4 nitrogen and oxygen atoms in total. The molecule has 0 spiro atoms. The Bertz CT molecular complexity index is 642. The van der Waals surface area contributed by atoms with Crippen LogP contribution in [0.15, 0.2) is 42.5 Å². The highest BCUT2D eigenvalue weighted by Gasteiger charge is 2.14. The van der Waals surface area contributed by atoms with Crippen molar-refractivity contribution in [2.24, 2.45) is 0 Å². The maximum absolute atomic E-state index is 5.76. The smallest absolute Gasteiger partial charge is 0.161 e. The van der Waals surface area contributed by atoms with Gasteiger partial charge >= 0.3 is 0 Å². The summed E-state index contributed by atoms with van der Waals surface area (Å²) in [6.45, 7) is 3.53. The molecule has 22 heavy (non-hydrogen) atoms. The summed E-state index contributed by atoms with van der Waals surface area (Å²) in [6.07, 6.45) is 0.916. The van der Waals surface area contributed by atoms with Crippen LogP contribution in [-0.2, 0) is 0 Å². The monoisotopic (exact) mass is 299 g/mol. The van der Waals surface area contributed by atoms with Gasteiger partial charge in [-0.1, -0.05) is 18.2 Å². The van der Waals surface area contributed by atoms with E-state index in [9.17, 15) is 0 Å². The third-order valence-electron chi connectivity index (χ3n) is 3.75. The van der Waals surface area contributed by atoms with Gasteiger partial charge in [-0.2, -0.15) is 0 Å². The number of hydrogen-bond acceptors (Lipinski definition) is 4. The van der Waals surface area contributed by atoms with E-state index in [0.717, 1.165) is 34.9 Å². The van der Waals surface area contributed by atoms with Crippen molar-refractivity contribution >= 4 is 5.69 Å². The number of nitrogens with one attached hydrogen (secondary N) is 1. The van der Waals surface area contributed by atoms with E-state index in [0.29, 0.717) is 13.2 Å². The van der Waals surface area contributed by atoms with Gasteiger partial charge in [0.05, 0.1) is 26.0 Å². The normalized spacial score (nSPS) is 14.8. The lowest BCUT2D eigenvalue weighted by molar-refractivity contribution is 0.297. The summed E-state index contributed by atoms with van der Waals surface area (Å²) in [5.41, 5.74) is 2.12. The maximum Gasteiger partial charge on any atom is 0.161 e. The summed E-state index contributed by atoms with van der Waals surface area (Å²) in [4.78, 5) is 0. The molecule has 0 fully saturated rings. The molecular formula is C18H21NO3. The second kappa shape index (κ2) is 6.60. The first-order chi connectivity index (χ1) is 10.8. The third kappa shape index (κ3) is 3.11. The highest BCUT2D eigenvalue weighted by Crippen LogP contribution is 2.34. The summed E-state index contributed by atoms with van der Waals surface area (Å²) in [7, 11) is 1.68. The molecule has 4 heteroatoms. The molecule has 0 amide bonds. The Morgan fingerprint density at radius 2 is 1.82 bits per heavy atom. The molecule has 0 saturated carbocycles. The van der Waals surface area contributed by atoms with Crippen molar-refractivity contribution in [3.05, 3.63) is 48.0 Å². The van der Waals surface area contributed by atoms with Gasteiger partial charge in [-0.05, 0) is 36.8 Å². The first-order valence-corrected chi connectivity index (χ1v) is 7.57. The van der Waals surface area contributed by atoms with Crippen molar-refractivity contribution in [2.45, 2.75) is 19.4 Å². The minimum absolute atomic E-state index is 0.133. The number of methoxy groups -OCH3 is 1. The Hall–Kier alpha value is -2.36. The van der Waals surface area contributed by atoms with Gasteiger partial charge in [0, 0.05) is 12.5 Å². The fourth-order valence-electron chi connectivity index (χ4n) is 2.53. The molecule has 0 aromatic heterocycles. The molecule has 2 aromatic rings. The van der Waals surface area contributed by atoms with Crippen LogP contribution in [0.1, 0.15) is 24.9 Å². The molecule has 1 atom stereocenters. The van der Waals surface area contributed by atoms with E-state index in [2.05, 4.69) is 18.3 Å². The highest BCUT2D eigenvalue weighted by atomic mass is 16.5. The van der Waals surface area contributed by atoms with Gasteiger partial charge in [-0.15, -0.1) is 0 Å². The zero-order valence-corrected chi connectivity index (χ0v) is 13.0. The number of hydrogen-bond donors (Lipinski definition) is 1. The van der Waals surface area contributed by atoms with Crippen molar-refractivity contribution in [1.29, 1.82) is 0 Å². The zero-order chi connectivity index (χ0) is 15.4. The Morgan fingerprint density at radius 1 is 1.05 bits per heavy atom. The van der Waals surface area contributed by atoms with Crippen molar-refractivity contribution in [2.75, 3.05) is 25.6 Å². The quantitative estimate of drug-likeness (QED) is 0.925. The SMILES string of the molecule is COc1ccccc1NC(C)c1ccc2c(c1)OCCCO2. The average Bonchev–Trinajstić information content (AvgIpc) is 2.79. The lowest BCUT2D eigenvalue weighted by Gasteiger charge is -2.19. The highest BCUT2D eigenvalue weighted by molar-refractivity contribution is 5.57. The van der Waals surface area contributed by atoms with Gasteiger partial charge in [-0.25, -0.2) is 0 Å². The van der Waals surface area contributed by atoms with Gasteiger partial charge in [0.25, 0.3) is 0 Å². The molecule has 3 rings (SSSR count). The second-order valence-electron chi connectivity index (χ2n) is 5.32. The Morgan fingerprint density at radius 3 is 2.64 bits per heavy atom. The average molecular weight is 299 g/mol. The van der Waals surface area contributed by atoms with Crippen molar-refractivity contribution in [3.63, 3.8) is 0 Å². The first kappa shape index (κ1) is 14.6. The van der Waals surface area contributed by atoms with Gasteiger partial charge in [-0.3, -0.25) is 0 Å². The molecule has 1 aliphatic heterocycles. The van der Waals surface area contributed by atoms with Crippen LogP contribution in [0.4, 0.5) is 5.69 Å². The number of anilines is 1. The molecular weight excluding hydrogens is 278 g/mol. The molecule has 0 radical (unpaired) electrons. The van der Waals surface area contributed by atoms with Crippen LogP contribution in [0.25, 0.3) is 0 Å². The van der Waals surface area contributed by atoms with Crippen molar-refractivity contribution < 1.29 is 14.2 Å². The van der Waals surface area contributed by atoms with E-state index in [1.807, 2.05) is 36.4 Å². The van der Waals surface area contributed by atoms with E-state index in [4.69, 9.17) is 14.2 Å². The van der Waals surface area contributed by atoms with E-state index in [-0.39, 0.29) is 6.04 Å². The standard InChI is InChI=1S/C18H21NO3/c1-13(19-15-6-3-4-7-16(15)20-2)14-8-9-17-18(12-14)22-11-5-10-21-17/h3-4,6-9,12-13,19H,5,10-11H2,1-2H3. The summed E-state index contributed by atoms with van der Waals surface area (Å²) in [6, 6.07) is 14.1. The lowest BCUT2D eigenvalue weighted by Crippen LogP contribution is -2.08. The molecule has 2 aromatic carbocycles. The van der Waals surface area contributed by atoms with Gasteiger partial charge in [0.2, 0.25) is 0 Å². The maximum atomic E-state index is 5.76. The number of rotatable bonds is 4. The van der Waals surface area contributed by atoms with Crippen LogP contribution in [0.3, 0.4) is 0 Å². The predicted octanol–water partition coefficient (Wildman–Crippen LogP) is 4.03. The minimum Gasteiger partial charge on any atom is -0.495 e. The Labute approximate surface area is 131 Å². The van der Waals surface area contributed by atoms with Crippen LogP contribution >= 0.6 is 0 Å². The molecule has 1 heterocycles. The lowest BCUT2D eigenvalue weighted by atomic mass is 10.1. The van der Waals surface area contributed by atoms with E-state index >= 15 is 0 Å². The molecule has 1 unspecified atom stereocenters. The van der Waals surface area contributed by atoms with Gasteiger partial charge in [0.15, 0.2) is 11.5 Å². The van der Waals surface area contributed by atoms with Crippen molar-refractivity contribution in [1.82, 2.24) is 0 Å². The van der Waals surface area contributed by atoms with Crippen molar-refractivity contribution in [3.8, 4) is 17.2 Å². The van der Waals surface area contributed by atoms with E-state index in [1.165, 1.54) is 0 Å². The largest absolute Gasteiger partial charge is 0.495 e. The first-order valence-electron chi connectivity index (χ1n) is 7.57. The molecule has 0 bridgehead atoms. The topological polar surface area (TPSA) is 39.7 Å². The molecule has 116 valence electrons. The number of fused-ring (bicyclic) bond motifs is 1. The molecule has 1 N–H and O–H groups in total. The van der Waals surface area contributed by atoms with Crippen LogP contribution < -0.4 is 19.5 Å². The van der Waals surface area contributed by atoms with E-state index in [1.54, 1.807) is 7.11 Å². The molecule has 0 aliphatic carbocycles. The fourth-order valence-corrected chi connectivity index (χ4v) is 2.53. The Kier molecular flexibility index (Phi) is 4.37. The van der Waals surface area contributed by atoms with Crippen LogP contribution in [-0.4, -0.2) is 20.3 Å². The number of para-hydroxylation sites is 2. The summed E-state index contributed by atoms with van der Waals surface area (Å²) in [5.74, 6) is 2.48. The molecule has 1 aliphatic rings. The van der Waals surface area contributed by atoms with Crippen LogP contribution in [0.2, 0.25) is 0 Å². The van der Waals surface area contributed by atoms with Gasteiger partial charge < -0.3 is 19.5 Å². The zero-order valence-electron chi connectivity index (χ0n) is 13.0. The van der Waals surface area contributed by atoms with Crippen LogP contribution in [0.5, 0.6) is 17.2 Å². The second-order valence-corrected chi connectivity index (χ2v) is 5.32. The summed E-state index contributed by atoms with van der Waals surface area (Å²) in [5, 5.41) is 3.48. The Balaban J connectivity index is 1.80. The van der Waals surface area contributed by atoms with Gasteiger partial charge in [0.1, 0.15) is 5.75 Å². The van der Waals surface area contributed by atoms with E-state index < -0.39 is 0 Å². The molecule has 0 saturated heterocycles. The third-order valence-corrected chi connectivity index (χ3v) is 3.75. The number of benzene rings is 2.